The Kier molecular flexibility index (Phi) is 4.98. The Balaban J connectivity index is 1.67. The van der Waals surface area contributed by atoms with Crippen LogP contribution in [0.2, 0.25) is 0 Å². The molecule has 0 atom stereocenters. The number of rotatable bonds is 6. The van der Waals surface area contributed by atoms with Gasteiger partial charge in [-0.15, -0.1) is 11.3 Å². The zero-order chi connectivity index (χ0) is 17.9. The predicted octanol–water partition coefficient (Wildman–Crippen LogP) is 2.51. The first kappa shape index (κ1) is 17.3. The molecule has 0 bridgehead atoms. The molecule has 2 aromatic heterocycles. The highest BCUT2D eigenvalue weighted by Crippen LogP contribution is 2.14. The second kappa shape index (κ2) is 7.18. The lowest BCUT2D eigenvalue weighted by atomic mass is 10.2. The summed E-state index contributed by atoms with van der Waals surface area (Å²) in [5.41, 5.74) is 1.17. The van der Waals surface area contributed by atoms with Crippen molar-refractivity contribution in [2.75, 3.05) is 5.32 Å². The van der Waals surface area contributed by atoms with Crippen molar-refractivity contribution in [2.45, 2.75) is 18.4 Å². The molecule has 7 nitrogen and oxygen atoms in total. The van der Waals surface area contributed by atoms with Gasteiger partial charge in [-0.2, -0.15) is 5.10 Å². The maximum absolute atomic E-state index is 12.3. The van der Waals surface area contributed by atoms with Crippen LogP contribution in [0, 0.1) is 6.92 Å². The van der Waals surface area contributed by atoms with E-state index >= 15 is 0 Å². The van der Waals surface area contributed by atoms with Gasteiger partial charge in [0.2, 0.25) is 10.0 Å². The van der Waals surface area contributed by atoms with Gasteiger partial charge in [-0.05, 0) is 42.6 Å². The highest BCUT2D eigenvalue weighted by molar-refractivity contribution is 7.89. The summed E-state index contributed by atoms with van der Waals surface area (Å²) < 4.78 is 27.1. The summed E-state index contributed by atoms with van der Waals surface area (Å²) in [6.45, 7) is 2.06. The Labute approximate surface area is 149 Å². The third kappa shape index (κ3) is 4.32. The zero-order valence-electron chi connectivity index (χ0n) is 13.3. The molecule has 3 rings (SSSR count). The minimum absolute atomic E-state index is 0.108. The van der Waals surface area contributed by atoms with Crippen molar-refractivity contribution in [3.63, 3.8) is 0 Å². The molecule has 0 aliphatic rings. The molecular weight excluding hydrogens is 360 g/mol. The number of H-pyrrole nitrogens is 1. The number of nitrogens with one attached hydrogen (secondary N) is 3. The first-order valence-electron chi connectivity index (χ1n) is 7.39. The Morgan fingerprint density at radius 1 is 1.24 bits per heavy atom. The zero-order valence-corrected chi connectivity index (χ0v) is 14.9. The molecule has 3 N–H and O–H groups in total. The van der Waals surface area contributed by atoms with Crippen LogP contribution in [0.1, 0.15) is 20.9 Å². The number of carbonyl (C=O) groups excluding carboxylic acids is 1. The molecule has 0 radical (unpaired) electrons. The summed E-state index contributed by atoms with van der Waals surface area (Å²) in [6, 6.07) is 11.2. The molecule has 0 aliphatic carbocycles. The number of hydrogen-bond donors (Lipinski definition) is 3. The van der Waals surface area contributed by atoms with Gasteiger partial charge in [0.05, 0.1) is 4.90 Å². The first-order valence-corrected chi connectivity index (χ1v) is 9.76. The summed E-state index contributed by atoms with van der Waals surface area (Å²) in [5, 5.41) is 11.2. The maximum Gasteiger partial charge on any atom is 0.256 e. The fourth-order valence-corrected chi connectivity index (χ4v) is 3.86. The highest BCUT2D eigenvalue weighted by Gasteiger charge is 2.15. The highest BCUT2D eigenvalue weighted by atomic mass is 32.2. The van der Waals surface area contributed by atoms with Gasteiger partial charge in [0.15, 0.2) is 5.82 Å². The van der Waals surface area contributed by atoms with Crippen molar-refractivity contribution in [1.82, 2.24) is 14.9 Å². The van der Waals surface area contributed by atoms with Gasteiger partial charge in [-0.25, -0.2) is 13.1 Å². The van der Waals surface area contributed by atoms with Crippen LogP contribution in [0.15, 0.2) is 52.7 Å². The van der Waals surface area contributed by atoms with E-state index in [1.54, 1.807) is 6.07 Å². The van der Waals surface area contributed by atoms with Crippen LogP contribution in [0.4, 0.5) is 5.82 Å². The number of amides is 1. The molecule has 1 aromatic carbocycles. The first-order chi connectivity index (χ1) is 11.9. The van der Waals surface area contributed by atoms with Crippen LogP contribution < -0.4 is 10.0 Å². The lowest BCUT2D eigenvalue weighted by Crippen LogP contribution is -2.23. The van der Waals surface area contributed by atoms with E-state index < -0.39 is 10.0 Å². The lowest BCUT2D eigenvalue weighted by Gasteiger charge is -2.07. The van der Waals surface area contributed by atoms with Gasteiger partial charge in [-0.3, -0.25) is 9.89 Å². The standard InChI is InChI=1S/C16H16N4O3S2/c1-11-9-15(20-19-11)18-16(21)12-4-6-14(7-5-12)25(22,23)17-10-13-3-2-8-24-13/h2-9,17H,10H2,1H3,(H2,18,19,20,21). The van der Waals surface area contributed by atoms with E-state index in [-0.39, 0.29) is 17.3 Å². The maximum atomic E-state index is 12.3. The monoisotopic (exact) mass is 376 g/mol. The van der Waals surface area contributed by atoms with Crippen molar-refractivity contribution < 1.29 is 13.2 Å². The molecule has 25 heavy (non-hydrogen) atoms. The summed E-state index contributed by atoms with van der Waals surface area (Å²) in [4.78, 5) is 13.2. The summed E-state index contributed by atoms with van der Waals surface area (Å²) in [6.07, 6.45) is 0. The number of sulfonamides is 1. The van der Waals surface area contributed by atoms with Crippen molar-refractivity contribution >= 4 is 33.1 Å². The topological polar surface area (TPSA) is 104 Å². The minimum Gasteiger partial charge on any atom is -0.305 e. The average molecular weight is 376 g/mol. The number of aryl methyl sites for hydroxylation is 1. The van der Waals surface area contributed by atoms with E-state index in [1.165, 1.54) is 35.6 Å². The minimum atomic E-state index is -3.63. The second-order valence-electron chi connectivity index (χ2n) is 5.32. The van der Waals surface area contributed by atoms with Crippen LogP contribution in [0.25, 0.3) is 0 Å². The summed E-state index contributed by atoms with van der Waals surface area (Å²) in [7, 11) is -3.63. The molecule has 0 unspecified atom stereocenters. The van der Waals surface area contributed by atoms with Crippen LogP contribution >= 0.6 is 11.3 Å². The van der Waals surface area contributed by atoms with E-state index in [0.717, 1.165) is 10.6 Å². The molecular formula is C16H16N4O3S2. The van der Waals surface area contributed by atoms with Gasteiger partial charge in [0.1, 0.15) is 0 Å². The van der Waals surface area contributed by atoms with Crippen molar-refractivity contribution in [2.24, 2.45) is 0 Å². The quantitative estimate of drug-likeness (QED) is 0.615. The van der Waals surface area contributed by atoms with E-state index in [9.17, 15) is 13.2 Å². The van der Waals surface area contributed by atoms with Crippen molar-refractivity contribution in [3.8, 4) is 0 Å². The fourth-order valence-electron chi connectivity index (χ4n) is 2.12. The van der Waals surface area contributed by atoms with Gasteiger partial charge in [-0.1, -0.05) is 6.07 Å². The molecule has 0 fully saturated rings. The lowest BCUT2D eigenvalue weighted by molar-refractivity contribution is 0.102. The predicted molar refractivity (Wildman–Crippen MR) is 96.1 cm³/mol. The Bertz CT molecular complexity index is 961. The smallest absolute Gasteiger partial charge is 0.256 e. The molecule has 9 heteroatoms. The molecule has 3 aromatic rings. The SMILES string of the molecule is Cc1cc(NC(=O)c2ccc(S(=O)(=O)NCc3cccs3)cc2)n[nH]1. The Morgan fingerprint density at radius 3 is 2.60 bits per heavy atom. The molecule has 0 spiro atoms. The van der Waals surface area contributed by atoms with Gasteiger partial charge >= 0.3 is 0 Å². The Hall–Kier alpha value is -2.49. The van der Waals surface area contributed by atoms with E-state index in [1.807, 2.05) is 24.4 Å². The number of thiophene rings is 1. The number of carbonyl (C=O) groups is 1. The van der Waals surface area contributed by atoms with Crippen LogP contribution in [0.5, 0.6) is 0 Å². The van der Waals surface area contributed by atoms with Gasteiger partial charge < -0.3 is 5.32 Å². The normalized spacial score (nSPS) is 11.4. The van der Waals surface area contributed by atoms with Gasteiger partial charge in [0, 0.05) is 28.7 Å². The molecule has 2 heterocycles. The van der Waals surface area contributed by atoms with Gasteiger partial charge in [0.25, 0.3) is 5.91 Å². The summed E-state index contributed by atoms with van der Waals surface area (Å²) >= 11 is 1.48. The Morgan fingerprint density at radius 2 is 2.00 bits per heavy atom. The number of nitrogens with zero attached hydrogens (tertiary/aromatic N) is 1. The van der Waals surface area contributed by atoms with E-state index in [4.69, 9.17) is 0 Å². The van der Waals surface area contributed by atoms with Crippen LogP contribution in [-0.2, 0) is 16.6 Å². The average Bonchev–Trinajstić information content (AvgIpc) is 3.25. The third-order valence-electron chi connectivity index (χ3n) is 3.39. The number of hydrogen-bond acceptors (Lipinski definition) is 5. The number of aromatic amines is 1. The third-order valence-corrected chi connectivity index (χ3v) is 5.68. The van der Waals surface area contributed by atoms with E-state index in [2.05, 4.69) is 20.2 Å². The largest absolute Gasteiger partial charge is 0.305 e. The number of anilines is 1. The fraction of sp³-hybridized carbons (Fsp3) is 0.125. The number of benzene rings is 1. The van der Waals surface area contributed by atoms with Crippen molar-refractivity contribution in [3.05, 3.63) is 64.0 Å². The molecule has 1 amide bonds. The van der Waals surface area contributed by atoms with Crippen molar-refractivity contribution in [1.29, 1.82) is 0 Å². The van der Waals surface area contributed by atoms with Crippen LogP contribution in [0.3, 0.4) is 0 Å². The second-order valence-corrected chi connectivity index (χ2v) is 8.12. The molecule has 130 valence electrons. The van der Waals surface area contributed by atoms with E-state index in [0.29, 0.717) is 11.4 Å². The van der Waals surface area contributed by atoms with Crippen LogP contribution in [-0.4, -0.2) is 24.5 Å². The molecule has 0 saturated carbocycles. The summed E-state index contributed by atoms with van der Waals surface area (Å²) in [5.74, 6) is 0.0544. The molecule has 0 saturated heterocycles. The number of aromatic nitrogens is 2. The molecule has 0 aliphatic heterocycles.